The zero-order valence-electron chi connectivity index (χ0n) is 19.4. The number of carbonyl (C=O) groups excluding carboxylic acids is 3. The number of carboxylic acids is 1. The maximum atomic E-state index is 12.8. The van der Waals surface area contributed by atoms with Crippen molar-refractivity contribution in [3.05, 3.63) is 18.3 Å². The van der Waals surface area contributed by atoms with Gasteiger partial charge in [-0.25, -0.2) is 19.4 Å². The molecule has 2 aromatic rings. The summed E-state index contributed by atoms with van der Waals surface area (Å²) in [6.07, 6.45) is 5.57. The van der Waals surface area contributed by atoms with Crippen LogP contribution in [0.1, 0.15) is 38.5 Å². The summed E-state index contributed by atoms with van der Waals surface area (Å²) >= 11 is 1.39. The number of hydrogen-bond acceptors (Lipinski definition) is 10. The van der Waals surface area contributed by atoms with Crippen molar-refractivity contribution in [2.75, 3.05) is 18.0 Å². The van der Waals surface area contributed by atoms with Crippen molar-refractivity contribution >= 4 is 41.3 Å². The molecule has 3 aliphatic rings. The molecule has 1 N–H and O–H groups in total. The van der Waals surface area contributed by atoms with Gasteiger partial charge in [0.1, 0.15) is 6.54 Å². The summed E-state index contributed by atoms with van der Waals surface area (Å²) in [5.74, 6) is -1.77. The number of ether oxygens (including phenoxy) is 1. The molecule has 4 heterocycles. The molecule has 13 nitrogen and oxygen atoms in total. The van der Waals surface area contributed by atoms with E-state index in [0.717, 1.165) is 25.7 Å². The number of rotatable bonds is 6. The van der Waals surface area contributed by atoms with Gasteiger partial charge in [-0.15, -0.1) is 5.10 Å². The van der Waals surface area contributed by atoms with Crippen LogP contribution in [0.25, 0.3) is 0 Å². The monoisotopic (exact) mass is 515 g/mol. The Morgan fingerprint density at radius 2 is 1.75 bits per heavy atom. The van der Waals surface area contributed by atoms with E-state index < -0.39 is 12.1 Å². The Morgan fingerprint density at radius 1 is 1.06 bits per heavy atom. The number of aliphatic carboxylic acids is 1. The van der Waals surface area contributed by atoms with Crippen LogP contribution in [0, 0.1) is 11.8 Å². The lowest BCUT2D eigenvalue weighted by molar-refractivity contribution is -0.138. The molecule has 0 aromatic carbocycles. The van der Waals surface area contributed by atoms with E-state index in [2.05, 4.69) is 20.5 Å². The van der Waals surface area contributed by atoms with Gasteiger partial charge in [-0.3, -0.25) is 14.4 Å². The summed E-state index contributed by atoms with van der Waals surface area (Å²) in [4.78, 5) is 56.0. The number of nitrogens with zero attached hydrogens (tertiary/aromatic N) is 7. The van der Waals surface area contributed by atoms with Gasteiger partial charge in [-0.2, -0.15) is 0 Å². The number of piperidine rings is 1. The smallest absolute Gasteiger partial charge is 0.416 e. The molecule has 0 spiro atoms. The number of hydrogen-bond donors (Lipinski definition) is 1. The number of anilines is 1. The fourth-order valence-corrected chi connectivity index (χ4v) is 6.00. The van der Waals surface area contributed by atoms with Gasteiger partial charge in [0.25, 0.3) is 0 Å². The predicted molar refractivity (Wildman–Crippen MR) is 124 cm³/mol. The molecule has 14 heteroatoms. The number of carboxylic acid groups (broad SMARTS) is 1. The van der Waals surface area contributed by atoms with Gasteiger partial charge in [0, 0.05) is 24.4 Å². The van der Waals surface area contributed by atoms with Crippen LogP contribution in [0.5, 0.6) is 5.88 Å². The highest BCUT2D eigenvalue weighted by Gasteiger charge is 2.48. The minimum atomic E-state index is -1.03. The molecule has 2 unspecified atom stereocenters. The summed E-state index contributed by atoms with van der Waals surface area (Å²) in [7, 11) is 0. The summed E-state index contributed by atoms with van der Waals surface area (Å²) in [5, 5.41) is 20.6. The largest absolute Gasteiger partial charge is 0.480 e. The SMILES string of the molecule is O=C(O)Cn1nnnc1SC1CCN(C(=O)Oc2ccc(N3C(=O)C4CCCCC4C3=O)cn2)CC1. The first-order valence-electron chi connectivity index (χ1n) is 11.9. The van der Waals surface area contributed by atoms with Crippen LogP contribution in [0.3, 0.4) is 0 Å². The average molecular weight is 516 g/mol. The fourth-order valence-electron chi connectivity index (χ4n) is 4.95. The maximum absolute atomic E-state index is 12.8. The molecule has 2 aliphatic heterocycles. The van der Waals surface area contributed by atoms with Gasteiger partial charge < -0.3 is 14.7 Å². The highest BCUT2D eigenvalue weighted by Crippen LogP contribution is 2.40. The van der Waals surface area contributed by atoms with Crippen LogP contribution < -0.4 is 9.64 Å². The summed E-state index contributed by atoms with van der Waals surface area (Å²) in [5.41, 5.74) is 0.391. The molecule has 0 bridgehead atoms. The molecule has 190 valence electrons. The van der Waals surface area contributed by atoms with Crippen LogP contribution in [0.15, 0.2) is 23.5 Å². The number of carbonyl (C=O) groups is 4. The van der Waals surface area contributed by atoms with Gasteiger partial charge in [0.2, 0.25) is 22.9 Å². The Hall–Kier alpha value is -3.55. The lowest BCUT2D eigenvalue weighted by Gasteiger charge is -2.30. The number of amides is 3. The van der Waals surface area contributed by atoms with E-state index in [9.17, 15) is 19.2 Å². The standard InChI is InChI=1S/C22H25N7O6S/c30-18(31)12-28-21(24-25-26-28)36-14-7-9-27(10-8-14)22(34)35-17-6-5-13(11-23-17)29-19(32)15-3-1-2-4-16(15)20(29)33/h5-6,11,14-16H,1-4,7-10,12H2,(H,30,31). The zero-order valence-corrected chi connectivity index (χ0v) is 20.2. The highest BCUT2D eigenvalue weighted by atomic mass is 32.2. The number of fused-ring (bicyclic) bond motifs is 1. The van der Waals surface area contributed by atoms with E-state index >= 15 is 0 Å². The second-order valence-electron chi connectivity index (χ2n) is 9.05. The lowest BCUT2D eigenvalue weighted by atomic mass is 9.81. The van der Waals surface area contributed by atoms with E-state index in [1.807, 2.05) is 0 Å². The summed E-state index contributed by atoms with van der Waals surface area (Å²) < 4.78 is 6.64. The predicted octanol–water partition coefficient (Wildman–Crippen LogP) is 1.59. The molecule has 5 rings (SSSR count). The quantitative estimate of drug-likeness (QED) is 0.556. The van der Waals surface area contributed by atoms with Gasteiger partial charge in [0.15, 0.2) is 0 Å². The number of aromatic nitrogens is 5. The summed E-state index contributed by atoms with van der Waals surface area (Å²) in [6, 6.07) is 3.06. The molecule has 2 aromatic heterocycles. The molecular weight excluding hydrogens is 490 g/mol. The first kappa shape index (κ1) is 24.2. The normalized spacial score (nSPS) is 22.6. The van der Waals surface area contributed by atoms with Gasteiger partial charge >= 0.3 is 12.1 Å². The van der Waals surface area contributed by atoms with E-state index in [-0.39, 0.29) is 41.3 Å². The van der Waals surface area contributed by atoms with Crippen LogP contribution in [0.2, 0.25) is 0 Å². The Bertz CT molecular complexity index is 1140. The van der Waals surface area contributed by atoms with Gasteiger partial charge in [-0.1, -0.05) is 24.6 Å². The van der Waals surface area contributed by atoms with Crippen LogP contribution in [-0.2, 0) is 20.9 Å². The topological polar surface area (TPSA) is 161 Å². The number of imide groups is 1. The van der Waals surface area contributed by atoms with Crippen molar-refractivity contribution in [3.63, 3.8) is 0 Å². The Morgan fingerprint density at radius 3 is 2.36 bits per heavy atom. The Balaban J connectivity index is 1.13. The van der Waals surface area contributed by atoms with Crippen LogP contribution in [-0.4, -0.2) is 77.4 Å². The maximum Gasteiger partial charge on any atom is 0.416 e. The third-order valence-corrected chi connectivity index (χ3v) is 8.08. The van der Waals surface area contributed by atoms with E-state index in [0.29, 0.717) is 36.8 Å². The second kappa shape index (κ2) is 10.2. The van der Waals surface area contributed by atoms with E-state index in [1.165, 1.54) is 33.6 Å². The van der Waals surface area contributed by atoms with Crippen molar-refractivity contribution < 1.29 is 29.0 Å². The van der Waals surface area contributed by atoms with Crippen molar-refractivity contribution in [2.24, 2.45) is 11.8 Å². The molecule has 1 aliphatic carbocycles. The van der Waals surface area contributed by atoms with Crippen LogP contribution >= 0.6 is 11.8 Å². The average Bonchev–Trinajstić information content (AvgIpc) is 3.41. The molecular formula is C22H25N7O6S. The Kier molecular flexibility index (Phi) is 6.85. The van der Waals surface area contributed by atoms with Crippen LogP contribution in [0.4, 0.5) is 10.5 Å². The lowest BCUT2D eigenvalue weighted by Crippen LogP contribution is -2.41. The highest BCUT2D eigenvalue weighted by molar-refractivity contribution is 7.99. The second-order valence-corrected chi connectivity index (χ2v) is 10.3. The number of pyridine rings is 1. The fraction of sp³-hybridized carbons (Fsp3) is 0.545. The van der Waals surface area contributed by atoms with E-state index in [1.54, 1.807) is 11.0 Å². The third-order valence-electron chi connectivity index (χ3n) is 6.77. The van der Waals surface area contributed by atoms with Crippen molar-refractivity contribution in [1.82, 2.24) is 30.1 Å². The Labute approximate surface area is 210 Å². The molecule has 3 amide bonds. The van der Waals surface area contributed by atoms with E-state index in [4.69, 9.17) is 9.84 Å². The van der Waals surface area contributed by atoms with Crippen molar-refractivity contribution in [3.8, 4) is 5.88 Å². The number of tetrazole rings is 1. The molecule has 0 radical (unpaired) electrons. The van der Waals surface area contributed by atoms with Gasteiger partial charge in [-0.05, 0) is 42.2 Å². The molecule has 3 fully saturated rings. The summed E-state index contributed by atoms with van der Waals surface area (Å²) in [6.45, 7) is 0.594. The first-order chi connectivity index (χ1) is 17.4. The van der Waals surface area contributed by atoms with Crippen molar-refractivity contribution in [1.29, 1.82) is 0 Å². The minimum absolute atomic E-state index is 0.0876. The molecule has 36 heavy (non-hydrogen) atoms. The third kappa shape index (κ3) is 4.90. The zero-order chi connectivity index (χ0) is 25.2. The first-order valence-corrected chi connectivity index (χ1v) is 12.7. The number of likely N-dealkylation sites (tertiary alicyclic amines) is 1. The number of thioether (sulfide) groups is 1. The molecule has 1 saturated carbocycles. The minimum Gasteiger partial charge on any atom is -0.480 e. The van der Waals surface area contributed by atoms with Crippen molar-refractivity contribution in [2.45, 2.75) is 55.5 Å². The molecule has 2 saturated heterocycles. The molecule has 2 atom stereocenters. The van der Waals surface area contributed by atoms with Gasteiger partial charge in [0.05, 0.1) is 23.7 Å².